The molecule has 0 aliphatic heterocycles. The molecule has 1 aromatic heterocycles. The van der Waals surface area contributed by atoms with Crippen molar-refractivity contribution in [2.75, 3.05) is 19.4 Å². The minimum absolute atomic E-state index is 0.145. The van der Waals surface area contributed by atoms with Gasteiger partial charge in [0, 0.05) is 24.5 Å². The Morgan fingerprint density at radius 1 is 1.30 bits per heavy atom. The maximum atomic E-state index is 12.0. The zero-order valence-corrected chi connectivity index (χ0v) is 11.3. The van der Waals surface area contributed by atoms with Crippen LogP contribution in [0.3, 0.4) is 0 Å². The number of methoxy groups -OCH3 is 1. The third-order valence-electron chi connectivity index (χ3n) is 2.94. The van der Waals surface area contributed by atoms with Gasteiger partial charge in [-0.1, -0.05) is 0 Å². The fraction of sp³-hybridized carbons (Fsp3) is 0.200. The second kappa shape index (κ2) is 6.56. The Labute approximate surface area is 117 Å². The molecule has 0 spiro atoms. The number of nitrogens with one attached hydrogen (secondary N) is 1. The van der Waals surface area contributed by atoms with Gasteiger partial charge in [0.2, 0.25) is 0 Å². The molecular formula is C15H17N3O2. The Morgan fingerprint density at radius 2 is 2.05 bits per heavy atom. The van der Waals surface area contributed by atoms with E-state index in [1.165, 1.54) is 0 Å². The van der Waals surface area contributed by atoms with E-state index in [0.717, 1.165) is 12.0 Å². The summed E-state index contributed by atoms with van der Waals surface area (Å²) in [7, 11) is 1.54. The zero-order valence-electron chi connectivity index (χ0n) is 11.3. The van der Waals surface area contributed by atoms with Gasteiger partial charge >= 0.3 is 0 Å². The summed E-state index contributed by atoms with van der Waals surface area (Å²) in [5.74, 6) is 0.423. The van der Waals surface area contributed by atoms with Crippen LogP contribution in [0.5, 0.6) is 5.75 Å². The molecule has 20 heavy (non-hydrogen) atoms. The van der Waals surface area contributed by atoms with Crippen molar-refractivity contribution in [3.05, 3.63) is 53.9 Å². The first kappa shape index (κ1) is 13.9. The lowest BCUT2D eigenvalue weighted by atomic mass is 10.1. The summed E-state index contributed by atoms with van der Waals surface area (Å²) >= 11 is 0. The van der Waals surface area contributed by atoms with Crippen LogP contribution >= 0.6 is 0 Å². The topological polar surface area (TPSA) is 77.2 Å². The molecule has 0 saturated carbocycles. The van der Waals surface area contributed by atoms with Crippen molar-refractivity contribution in [3.8, 4) is 5.75 Å². The van der Waals surface area contributed by atoms with Gasteiger partial charge < -0.3 is 15.8 Å². The molecule has 0 aliphatic rings. The molecule has 0 saturated heterocycles. The van der Waals surface area contributed by atoms with Gasteiger partial charge in [0.15, 0.2) is 0 Å². The van der Waals surface area contributed by atoms with E-state index in [2.05, 4.69) is 10.3 Å². The molecule has 0 fully saturated rings. The molecule has 2 rings (SSSR count). The molecule has 5 heteroatoms. The Balaban J connectivity index is 1.90. The van der Waals surface area contributed by atoms with Crippen LogP contribution in [0.1, 0.15) is 15.9 Å². The molecule has 1 aromatic carbocycles. The fourth-order valence-electron chi connectivity index (χ4n) is 1.85. The molecule has 3 N–H and O–H groups in total. The highest BCUT2D eigenvalue weighted by Crippen LogP contribution is 2.21. The number of pyridine rings is 1. The standard InChI is InChI=1S/C15H17N3O2/c1-20-14-3-2-12(10-13(14)16)15(19)18-9-6-11-4-7-17-8-5-11/h2-5,7-8,10H,6,9,16H2,1H3,(H,18,19). The lowest BCUT2D eigenvalue weighted by Crippen LogP contribution is -2.25. The van der Waals surface area contributed by atoms with E-state index >= 15 is 0 Å². The first-order chi connectivity index (χ1) is 9.70. The molecule has 1 amide bonds. The molecule has 2 aromatic rings. The summed E-state index contributed by atoms with van der Waals surface area (Å²) in [5, 5.41) is 2.86. The fourth-order valence-corrected chi connectivity index (χ4v) is 1.85. The summed E-state index contributed by atoms with van der Waals surface area (Å²) in [4.78, 5) is 15.9. The second-order valence-electron chi connectivity index (χ2n) is 4.32. The van der Waals surface area contributed by atoms with Crippen LogP contribution in [-0.4, -0.2) is 24.5 Å². The first-order valence-electron chi connectivity index (χ1n) is 6.31. The molecule has 0 bridgehead atoms. The lowest BCUT2D eigenvalue weighted by Gasteiger charge is -2.08. The molecule has 0 unspecified atom stereocenters. The molecular weight excluding hydrogens is 254 g/mol. The predicted molar refractivity (Wildman–Crippen MR) is 77.7 cm³/mol. The number of ether oxygens (including phenoxy) is 1. The Hall–Kier alpha value is -2.56. The van der Waals surface area contributed by atoms with E-state index in [4.69, 9.17) is 10.5 Å². The smallest absolute Gasteiger partial charge is 0.251 e. The van der Waals surface area contributed by atoms with Crippen LogP contribution in [0.4, 0.5) is 5.69 Å². The number of amides is 1. The Bertz CT molecular complexity index is 585. The quantitative estimate of drug-likeness (QED) is 0.810. The van der Waals surface area contributed by atoms with Gasteiger partial charge in [0.05, 0.1) is 12.8 Å². The van der Waals surface area contributed by atoms with Gasteiger partial charge in [-0.25, -0.2) is 0 Å². The van der Waals surface area contributed by atoms with Gasteiger partial charge in [0.1, 0.15) is 5.75 Å². The lowest BCUT2D eigenvalue weighted by molar-refractivity contribution is 0.0954. The maximum absolute atomic E-state index is 12.0. The van der Waals surface area contributed by atoms with Crippen molar-refractivity contribution >= 4 is 11.6 Å². The van der Waals surface area contributed by atoms with E-state index in [1.807, 2.05) is 12.1 Å². The summed E-state index contributed by atoms with van der Waals surface area (Å²) in [6, 6.07) is 8.85. The maximum Gasteiger partial charge on any atom is 0.251 e. The number of hydrogen-bond acceptors (Lipinski definition) is 4. The van der Waals surface area contributed by atoms with Crippen molar-refractivity contribution in [2.24, 2.45) is 0 Å². The minimum atomic E-state index is -0.145. The largest absolute Gasteiger partial charge is 0.495 e. The summed E-state index contributed by atoms with van der Waals surface area (Å²) < 4.78 is 5.06. The molecule has 0 atom stereocenters. The van der Waals surface area contributed by atoms with Crippen LogP contribution in [0, 0.1) is 0 Å². The van der Waals surface area contributed by atoms with Crippen LogP contribution in [-0.2, 0) is 6.42 Å². The van der Waals surface area contributed by atoms with Gasteiger partial charge in [-0.3, -0.25) is 9.78 Å². The number of benzene rings is 1. The van der Waals surface area contributed by atoms with E-state index in [0.29, 0.717) is 23.5 Å². The van der Waals surface area contributed by atoms with E-state index in [-0.39, 0.29) is 5.91 Å². The van der Waals surface area contributed by atoms with Crippen LogP contribution < -0.4 is 15.8 Å². The number of rotatable bonds is 5. The van der Waals surface area contributed by atoms with Gasteiger partial charge in [-0.2, -0.15) is 0 Å². The first-order valence-corrected chi connectivity index (χ1v) is 6.31. The van der Waals surface area contributed by atoms with E-state index < -0.39 is 0 Å². The highest BCUT2D eigenvalue weighted by molar-refractivity contribution is 5.95. The Morgan fingerprint density at radius 3 is 2.70 bits per heavy atom. The summed E-state index contributed by atoms with van der Waals surface area (Å²) in [6.07, 6.45) is 4.24. The number of aromatic nitrogens is 1. The number of nitrogens with two attached hydrogens (primary N) is 1. The van der Waals surface area contributed by atoms with Crippen molar-refractivity contribution in [2.45, 2.75) is 6.42 Å². The van der Waals surface area contributed by atoms with Crippen molar-refractivity contribution in [1.29, 1.82) is 0 Å². The number of carbonyl (C=O) groups excluding carboxylic acids is 1. The molecule has 0 radical (unpaired) electrons. The number of hydrogen-bond donors (Lipinski definition) is 2. The monoisotopic (exact) mass is 271 g/mol. The predicted octanol–water partition coefficient (Wildman–Crippen LogP) is 1.64. The highest BCUT2D eigenvalue weighted by Gasteiger charge is 2.07. The molecule has 1 heterocycles. The Kier molecular flexibility index (Phi) is 4.55. The summed E-state index contributed by atoms with van der Waals surface area (Å²) in [6.45, 7) is 0.564. The average molecular weight is 271 g/mol. The number of carbonyl (C=O) groups is 1. The van der Waals surface area contributed by atoms with Gasteiger partial charge in [-0.15, -0.1) is 0 Å². The van der Waals surface area contributed by atoms with Gasteiger partial charge in [-0.05, 0) is 42.3 Å². The van der Waals surface area contributed by atoms with Crippen molar-refractivity contribution in [3.63, 3.8) is 0 Å². The van der Waals surface area contributed by atoms with Crippen LogP contribution in [0.2, 0.25) is 0 Å². The summed E-state index contributed by atoms with van der Waals surface area (Å²) in [5.41, 5.74) is 7.89. The normalized spacial score (nSPS) is 10.1. The molecule has 0 aliphatic carbocycles. The minimum Gasteiger partial charge on any atom is -0.495 e. The molecule has 104 valence electrons. The third kappa shape index (κ3) is 3.47. The van der Waals surface area contributed by atoms with Gasteiger partial charge in [0.25, 0.3) is 5.91 Å². The highest BCUT2D eigenvalue weighted by atomic mass is 16.5. The number of nitrogens with zero attached hydrogens (tertiary/aromatic N) is 1. The van der Waals surface area contributed by atoms with Crippen molar-refractivity contribution < 1.29 is 9.53 Å². The van der Waals surface area contributed by atoms with Crippen LogP contribution in [0.15, 0.2) is 42.7 Å². The van der Waals surface area contributed by atoms with E-state index in [9.17, 15) is 4.79 Å². The third-order valence-corrected chi connectivity index (χ3v) is 2.94. The van der Waals surface area contributed by atoms with Crippen LogP contribution in [0.25, 0.3) is 0 Å². The van der Waals surface area contributed by atoms with Crippen molar-refractivity contribution in [1.82, 2.24) is 10.3 Å². The molecule has 5 nitrogen and oxygen atoms in total. The van der Waals surface area contributed by atoms with E-state index in [1.54, 1.807) is 37.7 Å². The SMILES string of the molecule is COc1ccc(C(=O)NCCc2ccncc2)cc1N. The number of nitrogen functional groups attached to an aromatic ring is 1. The second-order valence-corrected chi connectivity index (χ2v) is 4.32. The number of anilines is 1. The average Bonchev–Trinajstić information content (AvgIpc) is 2.48. The zero-order chi connectivity index (χ0) is 14.4.